The lowest BCUT2D eigenvalue weighted by molar-refractivity contribution is 0.1000. The van der Waals surface area contributed by atoms with Crippen LogP contribution in [0.3, 0.4) is 0 Å². The minimum absolute atomic E-state index is 0.0186. The topological polar surface area (TPSA) is 63.3 Å². The van der Waals surface area contributed by atoms with Crippen LogP contribution in [0.25, 0.3) is 0 Å². The molecule has 78 valence electrons. The lowest BCUT2D eigenvalue weighted by Crippen LogP contribution is -2.12. The molecule has 3 nitrogen and oxygen atoms in total. The van der Waals surface area contributed by atoms with Crippen molar-refractivity contribution in [2.24, 2.45) is 5.73 Å². The number of benzene rings is 1. The van der Waals surface area contributed by atoms with Crippen LogP contribution < -0.4 is 5.73 Å². The van der Waals surface area contributed by atoms with Crippen LogP contribution in [-0.2, 0) is 0 Å². The second kappa shape index (κ2) is 5.18. The normalized spacial score (nSPS) is 9.20. The Morgan fingerprint density at radius 1 is 1.53 bits per heavy atom. The first-order chi connectivity index (χ1) is 7.15. The van der Waals surface area contributed by atoms with E-state index in [9.17, 15) is 4.79 Å². The smallest absolute Gasteiger partial charge is 0.249 e. The van der Waals surface area contributed by atoms with Gasteiger partial charge in [0.05, 0.1) is 12.2 Å². The molecule has 0 aromatic heterocycles. The molecule has 1 amide bonds. The number of aliphatic hydroxyl groups excluding tert-OH is 1. The maximum Gasteiger partial charge on any atom is 0.249 e. The Morgan fingerprint density at radius 3 is 2.87 bits per heavy atom. The molecule has 1 aromatic rings. The van der Waals surface area contributed by atoms with E-state index in [2.05, 4.69) is 11.8 Å². The minimum Gasteiger partial charge on any atom is -0.395 e. The number of carbonyl (C=O) groups excluding carboxylic acids is 1. The third-order valence-corrected chi connectivity index (χ3v) is 1.90. The summed E-state index contributed by atoms with van der Waals surface area (Å²) in [5, 5.41) is 8.58. The largest absolute Gasteiger partial charge is 0.395 e. The van der Waals surface area contributed by atoms with E-state index in [0.29, 0.717) is 17.5 Å². The first-order valence-corrected chi connectivity index (χ1v) is 4.65. The van der Waals surface area contributed by atoms with Crippen LogP contribution in [0.15, 0.2) is 18.2 Å². The van der Waals surface area contributed by atoms with Crippen LogP contribution in [0, 0.1) is 18.8 Å². The van der Waals surface area contributed by atoms with Crippen molar-refractivity contribution in [2.45, 2.75) is 13.3 Å². The van der Waals surface area contributed by atoms with Crippen molar-refractivity contribution in [3.63, 3.8) is 0 Å². The van der Waals surface area contributed by atoms with Gasteiger partial charge in [-0.15, -0.1) is 0 Å². The lowest BCUT2D eigenvalue weighted by Gasteiger charge is -2.00. The van der Waals surface area contributed by atoms with Gasteiger partial charge in [0.15, 0.2) is 0 Å². The van der Waals surface area contributed by atoms with Crippen LogP contribution in [0.2, 0.25) is 0 Å². The summed E-state index contributed by atoms with van der Waals surface area (Å²) in [5.74, 6) is 5.11. The zero-order chi connectivity index (χ0) is 11.3. The van der Waals surface area contributed by atoms with Crippen molar-refractivity contribution in [1.29, 1.82) is 0 Å². The summed E-state index contributed by atoms with van der Waals surface area (Å²) in [6.07, 6.45) is 0.395. The molecule has 0 atom stereocenters. The van der Waals surface area contributed by atoms with Crippen molar-refractivity contribution >= 4 is 5.91 Å². The summed E-state index contributed by atoms with van der Waals surface area (Å²) in [7, 11) is 0. The number of aryl methyl sites for hydroxylation is 1. The van der Waals surface area contributed by atoms with Gasteiger partial charge in [-0.2, -0.15) is 0 Å². The highest BCUT2D eigenvalue weighted by atomic mass is 16.2. The first-order valence-electron chi connectivity index (χ1n) is 4.65. The average Bonchev–Trinajstić information content (AvgIpc) is 2.18. The Bertz CT molecular complexity index is 427. The summed E-state index contributed by atoms with van der Waals surface area (Å²) < 4.78 is 0. The molecule has 0 aliphatic carbocycles. The summed E-state index contributed by atoms with van der Waals surface area (Å²) >= 11 is 0. The van der Waals surface area contributed by atoms with E-state index in [1.807, 2.05) is 19.1 Å². The zero-order valence-corrected chi connectivity index (χ0v) is 8.58. The number of nitrogens with two attached hydrogens (primary N) is 1. The number of amides is 1. The van der Waals surface area contributed by atoms with E-state index >= 15 is 0 Å². The molecule has 0 fully saturated rings. The number of carbonyl (C=O) groups is 1. The fourth-order valence-electron chi connectivity index (χ4n) is 1.19. The van der Waals surface area contributed by atoms with Crippen LogP contribution in [0.4, 0.5) is 0 Å². The zero-order valence-electron chi connectivity index (χ0n) is 8.58. The van der Waals surface area contributed by atoms with E-state index in [-0.39, 0.29) is 6.61 Å². The average molecular weight is 203 g/mol. The second-order valence-electron chi connectivity index (χ2n) is 3.19. The number of hydrogen-bond donors (Lipinski definition) is 2. The second-order valence-corrected chi connectivity index (χ2v) is 3.19. The summed E-state index contributed by atoms with van der Waals surface area (Å²) in [5.41, 5.74) is 7.28. The highest BCUT2D eigenvalue weighted by Crippen LogP contribution is 2.09. The SMILES string of the molecule is Cc1ccc(C(N)=O)c(C#CCCO)c1. The van der Waals surface area contributed by atoms with Crippen molar-refractivity contribution in [3.8, 4) is 11.8 Å². The van der Waals surface area contributed by atoms with Crippen LogP contribution in [-0.4, -0.2) is 17.6 Å². The molecule has 0 bridgehead atoms. The standard InChI is InChI=1S/C12H13NO2/c1-9-5-6-11(12(13)15)10(8-9)4-2-3-7-14/h5-6,8,14H,3,7H2,1H3,(H2,13,15). The predicted molar refractivity (Wildman–Crippen MR) is 58.3 cm³/mol. The molecule has 0 radical (unpaired) electrons. The van der Waals surface area contributed by atoms with Gasteiger partial charge in [-0.1, -0.05) is 17.9 Å². The quantitative estimate of drug-likeness (QED) is 0.699. The Balaban J connectivity index is 3.09. The molecule has 1 aromatic carbocycles. The summed E-state index contributed by atoms with van der Waals surface area (Å²) in [6, 6.07) is 5.29. The lowest BCUT2D eigenvalue weighted by atomic mass is 10.0. The van der Waals surface area contributed by atoms with Gasteiger partial charge in [0, 0.05) is 12.0 Å². The fraction of sp³-hybridized carbons (Fsp3) is 0.250. The minimum atomic E-state index is -0.483. The third kappa shape index (κ3) is 3.12. The molecule has 3 N–H and O–H groups in total. The van der Waals surface area contributed by atoms with Gasteiger partial charge in [-0.3, -0.25) is 4.79 Å². The van der Waals surface area contributed by atoms with Crippen LogP contribution in [0.5, 0.6) is 0 Å². The molecule has 0 spiro atoms. The molecule has 0 unspecified atom stereocenters. The van der Waals surface area contributed by atoms with Crippen LogP contribution >= 0.6 is 0 Å². The molecule has 0 aliphatic rings. The molecule has 1 rings (SSSR count). The first kappa shape index (κ1) is 11.3. The van der Waals surface area contributed by atoms with Gasteiger partial charge in [0.25, 0.3) is 0 Å². The Morgan fingerprint density at radius 2 is 2.27 bits per heavy atom. The molecule has 0 saturated carbocycles. The summed E-state index contributed by atoms with van der Waals surface area (Å²) in [4.78, 5) is 11.1. The number of hydrogen-bond acceptors (Lipinski definition) is 2. The Labute approximate surface area is 88.9 Å². The monoisotopic (exact) mass is 203 g/mol. The molecule has 0 aliphatic heterocycles. The van der Waals surface area contributed by atoms with Crippen molar-refractivity contribution in [1.82, 2.24) is 0 Å². The predicted octanol–water partition coefficient (Wildman–Crippen LogP) is 0.828. The number of aliphatic hydroxyl groups is 1. The van der Waals surface area contributed by atoms with Gasteiger partial charge >= 0.3 is 0 Å². The third-order valence-electron chi connectivity index (χ3n) is 1.90. The van der Waals surface area contributed by atoms with E-state index in [0.717, 1.165) is 5.56 Å². The van der Waals surface area contributed by atoms with E-state index in [4.69, 9.17) is 10.8 Å². The molecular weight excluding hydrogens is 190 g/mol. The number of rotatable bonds is 2. The molecule has 0 heterocycles. The highest BCUT2D eigenvalue weighted by Gasteiger charge is 2.05. The van der Waals surface area contributed by atoms with Crippen molar-refractivity contribution in [3.05, 3.63) is 34.9 Å². The van der Waals surface area contributed by atoms with Gasteiger partial charge in [-0.05, 0) is 24.6 Å². The van der Waals surface area contributed by atoms with Crippen LogP contribution in [0.1, 0.15) is 27.9 Å². The summed E-state index contributed by atoms with van der Waals surface area (Å²) in [6.45, 7) is 1.94. The van der Waals surface area contributed by atoms with Gasteiger partial charge < -0.3 is 10.8 Å². The molecule has 3 heteroatoms. The van der Waals surface area contributed by atoms with E-state index in [1.165, 1.54) is 0 Å². The molecular formula is C12H13NO2. The van der Waals surface area contributed by atoms with Crippen molar-refractivity contribution < 1.29 is 9.90 Å². The van der Waals surface area contributed by atoms with Gasteiger partial charge in [0.2, 0.25) is 5.91 Å². The highest BCUT2D eigenvalue weighted by molar-refractivity contribution is 5.95. The fourth-order valence-corrected chi connectivity index (χ4v) is 1.19. The molecule has 0 saturated heterocycles. The number of primary amides is 1. The van der Waals surface area contributed by atoms with Crippen molar-refractivity contribution in [2.75, 3.05) is 6.61 Å². The van der Waals surface area contributed by atoms with Gasteiger partial charge in [0.1, 0.15) is 0 Å². The van der Waals surface area contributed by atoms with Gasteiger partial charge in [-0.25, -0.2) is 0 Å². The van der Waals surface area contributed by atoms with E-state index in [1.54, 1.807) is 6.07 Å². The molecule has 15 heavy (non-hydrogen) atoms. The maximum absolute atomic E-state index is 11.1. The Kier molecular flexibility index (Phi) is 3.90. The van der Waals surface area contributed by atoms with E-state index < -0.39 is 5.91 Å². The maximum atomic E-state index is 11.1. The Hall–Kier alpha value is -1.79.